The number of methoxy groups -OCH3 is 1. The van der Waals surface area contributed by atoms with Crippen LogP contribution in [0.15, 0.2) is 24.4 Å². The minimum atomic E-state index is 0.550. The highest BCUT2D eigenvalue weighted by molar-refractivity contribution is 5.55. The van der Waals surface area contributed by atoms with Gasteiger partial charge in [0.05, 0.1) is 7.11 Å². The molecule has 0 aliphatic carbocycles. The second kappa shape index (κ2) is 5.32. The molecule has 0 atom stereocenters. The van der Waals surface area contributed by atoms with E-state index in [0.717, 1.165) is 17.1 Å². The summed E-state index contributed by atoms with van der Waals surface area (Å²) < 4.78 is 18.3. The minimum Gasteiger partial charge on any atom is -0.493 e. The van der Waals surface area contributed by atoms with Crippen molar-refractivity contribution in [3.8, 4) is 17.2 Å². The summed E-state index contributed by atoms with van der Waals surface area (Å²) in [7, 11) is 3.52. The van der Waals surface area contributed by atoms with Gasteiger partial charge in [0.2, 0.25) is 5.75 Å². The molecular weight excluding hydrogens is 258 g/mol. The molecule has 2 heterocycles. The molecule has 0 unspecified atom stereocenters. The van der Waals surface area contributed by atoms with Crippen molar-refractivity contribution in [3.05, 3.63) is 30.0 Å². The lowest BCUT2D eigenvalue weighted by Crippen LogP contribution is -2.16. The van der Waals surface area contributed by atoms with Gasteiger partial charge >= 0.3 is 0 Å². The Kier molecular flexibility index (Phi) is 3.37. The Morgan fingerprint density at radius 1 is 1.35 bits per heavy atom. The van der Waals surface area contributed by atoms with Gasteiger partial charge in [0.1, 0.15) is 19.0 Å². The van der Waals surface area contributed by atoms with Crippen LogP contribution in [0, 0.1) is 0 Å². The van der Waals surface area contributed by atoms with Crippen LogP contribution in [0.3, 0.4) is 0 Å². The molecule has 20 heavy (non-hydrogen) atoms. The second-order valence-electron chi connectivity index (χ2n) is 4.55. The Morgan fingerprint density at radius 3 is 2.95 bits per heavy atom. The molecule has 0 saturated carbocycles. The van der Waals surface area contributed by atoms with Crippen molar-refractivity contribution in [2.24, 2.45) is 7.05 Å². The Balaban J connectivity index is 1.79. The number of fused-ring (bicyclic) bond motifs is 1. The topological polar surface area (TPSA) is 57.5 Å². The van der Waals surface area contributed by atoms with E-state index in [1.807, 2.05) is 31.4 Å². The highest BCUT2D eigenvalue weighted by Gasteiger charge is 2.18. The normalized spacial score (nSPS) is 13.1. The average molecular weight is 275 g/mol. The number of aromatic nitrogens is 2. The second-order valence-corrected chi connectivity index (χ2v) is 4.55. The number of rotatable bonds is 4. The molecule has 0 radical (unpaired) electrons. The Morgan fingerprint density at radius 2 is 2.20 bits per heavy atom. The maximum absolute atomic E-state index is 5.61. The third-order valence-corrected chi connectivity index (χ3v) is 3.08. The van der Waals surface area contributed by atoms with E-state index in [0.29, 0.717) is 31.3 Å². The predicted molar refractivity (Wildman–Crippen MR) is 74.5 cm³/mol. The lowest BCUT2D eigenvalue weighted by atomic mass is 10.1. The maximum Gasteiger partial charge on any atom is 0.203 e. The number of ether oxygens (including phenoxy) is 3. The van der Waals surface area contributed by atoms with Crippen LogP contribution in [0.4, 0.5) is 5.82 Å². The zero-order chi connectivity index (χ0) is 13.9. The Hall–Kier alpha value is -2.37. The highest BCUT2D eigenvalue weighted by Crippen LogP contribution is 2.40. The van der Waals surface area contributed by atoms with E-state index in [9.17, 15) is 0 Å². The minimum absolute atomic E-state index is 0.550. The molecule has 2 aromatic rings. The molecule has 1 aliphatic rings. The largest absolute Gasteiger partial charge is 0.493 e. The van der Waals surface area contributed by atoms with Crippen LogP contribution < -0.4 is 19.5 Å². The van der Waals surface area contributed by atoms with Gasteiger partial charge in [-0.25, -0.2) is 0 Å². The zero-order valence-electron chi connectivity index (χ0n) is 11.5. The maximum atomic E-state index is 5.61. The number of nitrogens with one attached hydrogen (secondary N) is 1. The zero-order valence-corrected chi connectivity index (χ0v) is 11.5. The van der Waals surface area contributed by atoms with Crippen molar-refractivity contribution >= 4 is 5.82 Å². The molecule has 1 N–H and O–H groups in total. The van der Waals surface area contributed by atoms with Gasteiger partial charge in [-0.3, -0.25) is 4.68 Å². The molecule has 106 valence electrons. The first-order valence-electron chi connectivity index (χ1n) is 6.46. The van der Waals surface area contributed by atoms with Crippen molar-refractivity contribution in [2.45, 2.75) is 6.54 Å². The van der Waals surface area contributed by atoms with Crippen molar-refractivity contribution < 1.29 is 14.2 Å². The van der Waals surface area contributed by atoms with Crippen molar-refractivity contribution in [1.82, 2.24) is 9.78 Å². The Bertz CT molecular complexity index is 592. The van der Waals surface area contributed by atoms with Gasteiger partial charge in [0.25, 0.3) is 0 Å². The number of aryl methyl sites for hydroxylation is 1. The third kappa shape index (κ3) is 2.49. The molecule has 6 nitrogen and oxygen atoms in total. The van der Waals surface area contributed by atoms with Crippen LogP contribution in [-0.2, 0) is 13.6 Å². The molecule has 1 aromatic carbocycles. The summed E-state index contributed by atoms with van der Waals surface area (Å²) in [6, 6.07) is 5.84. The summed E-state index contributed by atoms with van der Waals surface area (Å²) >= 11 is 0. The van der Waals surface area contributed by atoms with E-state index < -0.39 is 0 Å². The van der Waals surface area contributed by atoms with Gasteiger partial charge < -0.3 is 19.5 Å². The van der Waals surface area contributed by atoms with E-state index >= 15 is 0 Å². The molecule has 0 fully saturated rings. The molecule has 1 aliphatic heterocycles. The van der Waals surface area contributed by atoms with Crippen LogP contribution >= 0.6 is 0 Å². The summed E-state index contributed by atoms with van der Waals surface area (Å²) in [5.41, 5.74) is 1.05. The van der Waals surface area contributed by atoms with E-state index in [1.54, 1.807) is 11.8 Å². The summed E-state index contributed by atoms with van der Waals surface area (Å²) in [6.07, 6.45) is 1.90. The molecule has 3 rings (SSSR count). The Labute approximate surface area is 117 Å². The molecule has 0 spiro atoms. The first kappa shape index (κ1) is 12.7. The van der Waals surface area contributed by atoms with Gasteiger partial charge in [-0.2, -0.15) is 5.10 Å². The van der Waals surface area contributed by atoms with Gasteiger partial charge in [0, 0.05) is 25.9 Å². The number of hydrogen-bond acceptors (Lipinski definition) is 5. The van der Waals surface area contributed by atoms with Crippen LogP contribution in [0.2, 0.25) is 0 Å². The number of anilines is 1. The third-order valence-electron chi connectivity index (χ3n) is 3.08. The fourth-order valence-electron chi connectivity index (χ4n) is 2.13. The quantitative estimate of drug-likeness (QED) is 0.922. The van der Waals surface area contributed by atoms with Crippen LogP contribution in [0.5, 0.6) is 17.2 Å². The number of hydrogen-bond donors (Lipinski definition) is 1. The summed E-state index contributed by atoms with van der Waals surface area (Å²) in [4.78, 5) is 0. The summed E-state index contributed by atoms with van der Waals surface area (Å²) in [6.45, 7) is 1.76. The molecule has 1 aromatic heterocycles. The standard InChI is InChI=1S/C14H17N3O3/c1-17-4-3-13(16-17)15-9-10-7-11(18-2)14-12(8-10)19-5-6-20-14/h3-4,7-8H,5-6,9H2,1-2H3,(H,15,16). The highest BCUT2D eigenvalue weighted by atomic mass is 16.6. The van der Waals surface area contributed by atoms with Crippen LogP contribution in [0.1, 0.15) is 5.56 Å². The fourth-order valence-corrected chi connectivity index (χ4v) is 2.13. The van der Waals surface area contributed by atoms with Crippen LogP contribution in [0.25, 0.3) is 0 Å². The number of nitrogens with zero attached hydrogens (tertiary/aromatic N) is 2. The van der Waals surface area contributed by atoms with Gasteiger partial charge in [-0.1, -0.05) is 0 Å². The van der Waals surface area contributed by atoms with Crippen LogP contribution in [-0.4, -0.2) is 30.1 Å². The number of benzene rings is 1. The lowest BCUT2D eigenvalue weighted by Gasteiger charge is -2.21. The predicted octanol–water partition coefficient (Wildman–Crippen LogP) is 1.81. The van der Waals surface area contributed by atoms with Crippen molar-refractivity contribution in [1.29, 1.82) is 0 Å². The fraction of sp³-hybridized carbons (Fsp3) is 0.357. The summed E-state index contributed by atoms with van der Waals surface area (Å²) in [5.74, 6) is 2.94. The molecule has 0 amide bonds. The first-order chi connectivity index (χ1) is 9.76. The molecule has 0 bridgehead atoms. The van der Waals surface area contributed by atoms with Crippen molar-refractivity contribution in [2.75, 3.05) is 25.6 Å². The first-order valence-corrected chi connectivity index (χ1v) is 6.46. The summed E-state index contributed by atoms with van der Waals surface area (Å²) in [5, 5.41) is 7.53. The van der Waals surface area contributed by atoms with Crippen molar-refractivity contribution in [3.63, 3.8) is 0 Å². The van der Waals surface area contributed by atoms with Gasteiger partial charge in [-0.15, -0.1) is 0 Å². The SMILES string of the molecule is COc1cc(CNc2ccn(C)n2)cc2c1OCCO2. The average Bonchev–Trinajstić information content (AvgIpc) is 2.90. The van der Waals surface area contributed by atoms with E-state index in [2.05, 4.69) is 10.4 Å². The molecular formula is C14H17N3O3. The lowest BCUT2D eigenvalue weighted by molar-refractivity contribution is 0.165. The molecule has 6 heteroatoms. The smallest absolute Gasteiger partial charge is 0.203 e. The molecule has 0 saturated heterocycles. The van der Waals surface area contributed by atoms with E-state index in [-0.39, 0.29) is 0 Å². The van der Waals surface area contributed by atoms with E-state index in [1.165, 1.54) is 0 Å². The van der Waals surface area contributed by atoms with Gasteiger partial charge in [-0.05, 0) is 17.7 Å². The van der Waals surface area contributed by atoms with E-state index in [4.69, 9.17) is 14.2 Å². The monoisotopic (exact) mass is 275 g/mol. The van der Waals surface area contributed by atoms with Gasteiger partial charge in [0.15, 0.2) is 11.5 Å².